The third-order valence-electron chi connectivity index (χ3n) is 4.31. The predicted octanol–water partition coefficient (Wildman–Crippen LogP) is 3.55. The third kappa shape index (κ3) is 2.10. The molecule has 0 radical (unpaired) electrons. The summed E-state index contributed by atoms with van der Waals surface area (Å²) in [6.07, 6.45) is 3.19. The van der Waals surface area contributed by atoms with E-state index in [-0.39, 0.29) is 17.8 Å². The van der Waals surface area contributed by atoms with Crippen LogP contribution in [-0.4, -0.2) is 28.7 Å². The summed E-state index contributed by atoms with van der Waals surface area (Å²) in [4.78, 5) is 17.2. The van der Waals surface area contributed by atoms with Crippen LogP contribution in [0.1, 0.15) is 35.7 Å². The average Bonchev–Trinajstić information content (AvgIpc) is 2.83. The van der Waals surface area contributed by atoms with Crippen LogP contribution in [0.5, 0.6) is 0 Å². The zero-order valence-corrected chi connectivity index (χ0v) is 12.6. The number of amides is 1. The van der Waals surface area contributed by atoms with Crippen LogP contribution < -0.4 is 0 Å². The van der Waals surface area contributed by atoms with Gasteiger partial charge >= 0.3 is 0 Å². The number of carbonyl (C=O) groups excluding carboxylic acids is 1. The van der Waals surface area contributed by atoms with Crippen molar-refractivity contribution in [3.63, 3.8) is 0 Å². The Morgan fingerprint density at radius 1 is 1.50 bits per heavy atom. The van der Waals surface area contributed by atoms with Crippen LogP contribution in [0.3, 0.4) is 0 Å². The second-order valence-corrected chi connectivity index (χ2v) is 5.88. The number of hydrogen-bond acceptors (Lipinski definition) is 1. The Labute approximate surface area is 123 Å². The molecule has 106 valence electrons. The highest BCUT2D eigenvalue weighted by Gasteiger charge is 2.29. The van der Waals surface area contributed by atoms with Gasteiger partial charge < -0.3 is 9.88 Å². The summed E-state index contributed by atoms with van der Waals surface area (Å²) < 4.78 is 0. The topological polar surface area (TPSA) is 36.1 Å². The smallest absolute Gasteiger partial charge is 0.237 e. The number of nitrogens with zero attached hydrogens (tertiary/aromatic N) is 1. The number of H-pyrrole nitrogens is 1. The molecule has 3 nitrogen and oxygen atoms in total. The van der Waals surface area contributed by atoms with Crippen molar-refractivity contribution in [3.05, 3.63) is 35.0 Å². The van der Waals surface area contributed by atoms with Gasteiger partial charge in [0.15, 0.2) is 0 Å². The largest absolute Gasteiger partial charge is 0.356 e. The van der Waals surface area contributed by atoms with Crippen molar-refractivity contribution >= 4 is 28.4 Å². The summed E-state index contributed by atoms with van der Waals surface area (Å²) in [6, 6.07) is 6.60. The van der Waals surface area contributed by atoms with Gasteiger partial charge in [0.1, 0.15) is 5.88 Å². The number of halogens is 1. The normalized spacial score (nSPS) is 18.1. The van der Waals surface area contributed by atoms with E-state index in [0.717, 1.165) is 19.3 Å². The molecule has 0 spiro atoms. The molecular formula is C16H19ClN2O. The Bertz CT molecular complexity index is 662. The molecule has 0 aliphatic heterocycles. The molecule has 1 N–H and O–H groups in total. The Kier molecular flexibility index (Phi) is 3.47. The van der Waals surface area contributed by atoms with Crippen molar-refractivity contribution in [1.82, 2.24) is 9.88 Å². The number of benzene rings is 1. The highest BCUT2D eigenvalue weighted by molar-refractivity contribution is 6.27. The first kappa shape index (κ1) is 13.5. The molecule has 1 aliphatic carbocycles. The first-order chi connectivity index (χ1) is 9.61. The Morgan fingerprint density at radius 2 is 2.30 bits per heavy atom. The minimum absolute atomic E-state index is 0.0145. The lowest BCUT2D eigenvalue weighted by Gasteiger charge is -2.31. The third-order valence-corrected chi connectivity index (χ3v) is 4.54. The fourth-order valence-electron chi connectivity index (χ4n) is 3.21. The van der Waals surface area contributed by atoms with Gasteiger partial charge in [-0.15, -0.1) is 11.6 Å². The zero-order chi connectivity index (χ0) is 14.3. The van der Waals surface area contributed by atoms with E-state index < -0.39 is 0 Å². The number of nitrogens with one attached hydrogen (secondary N) is 1. The highest BCUT2D eigenvalue weighted by atomic mass is 35.5. The van der Waals surface area contributed by atoms with Gasteiger partial charge in [-0.3, -0.25) is 4.79 Å². The van der Waals surface area contributed by atoms with Gasteiger partial charge in [-0.05, 0) is 43.9 Å². The van der Waals surface area contributed by atoms with E-state index >= 15 is 0 Å². The standard InChI is InChI=1S/C16H19ClN2O/c1-10-6-7-13-12(8-10)11-4-3-5-14(16(11)18-13)19(2)15(20)9-17/h6-8,14,18H,3-5,9H2,1-2H3. The quantitative estimate of drug-likeness (QED) is 0.844. The molecule has 1 aliphatic rings. The summed E-state index contributed by atoms with van der Waals surface area (Å²) in [5, 5.41) is 1.30. The predicted molar refractivity (Wildman–Crippen MR) is 82.2 cm³/mol. The number of hydrogen-bond donors (Lipinski definition) is 1. The van der Waals surface area contributed by atoms with Crippen molar-refractivity contribution in [3.8, 4) is 0 Å². The van der Waals surface area contributed by atoms with E-state index in [0.29, 0.717) is 0 Å². The average molecular weight is 291 g/mol. The summed E-state index contributed by atoms with van der Waals surface area (Å²) >= 11 is 5.69. The molecule has 20 heavy (non-hydrogen) atoms. The second kappa shape index (κ2) is 5.13. The van der Waals surface area contributed by atoms with Crippen LogP contribution in [0.4, 0.5) is 0 Å². The minimum Gasteiger partial charge on any atom is -0.356 e. The van der Waals surface area contributed by atoms with Crippen molar-refractivity contribution in [2.75, 3.05) is 12.9 Å². The molecule has 1 aromatic heterocycles. The fourth-order valence-corrected chi connectivity index (χ4v) is 3.40. The van der Waals surface area contributed by atoms with Gasteiger partial charge in [-0.25, -0.2) is 0 Å². The minimum atomic E-state index is -0.0145. The molecule has 0 saturated heterocycles. The molecule has 0 bridgehead atoms. The van der Waals surface area contributed by atoms with E-state index in [9.17, 15) is 4.79 Å². The van der Waals surface area contributed by atoms with Crippen LogP contribution in [0.2, 0.25) is 0 Å². The Hall–Kier alpha value is -1.48. The van der Waals surface area contributed by atoms with E-state index in [1.165, 1.54) is 27.7 Å². The van der Waals surface area contributed by atoms with Crippen molar-refractivity contribution in [2.24, 2.45) is 0 Å². The molecule has 4 heteroatoms. The molecule has 1 unspecified atom stereocenters. The molecular weight excluding hydrogens is 272 g/mol. The summed E-state index contributed by atoms with van der Waals surface area (Å²) in [7, 11) is 1.85. The van der Waals surface area contributed by atoms with Crippen LogP contribution in [-0.2, 0) is 11.2 Å². The first-order valence-corrected chi connectivity index (χ1v) is 7.58. The van der Waals surface area contributed by atoms with Crippen molar-refractivity contribution < 1.29 is 4.79 Å². The molecule has 1 aromatic carbocycles. The van der Waals surface area contributed by atoms with Crippen molar-refractivity contribution in [1.29, 1.82) is 0 Å². The summed E-state index contributed by atoms with van der Waals surface area (Å²) in [5.41, 5.74) is 5.00. The first-order valence-electron chi connectivity index (χ1n) is 7.04. The van der Waals surface area contributed by atoms with E-state index in [1.54, 1.807) is 4.90 Å². The Morgan fingerprint density at radius 3 is 3.05 bits per heavy atom. The number of carbonyl (C=O) groups is 1. The SMILES string of the molecule is Cc1ccc2[nH]c3c(c2c1)CCCC3N(C)C(=O)CCl. The van der Waals surface area contributed by atoms with Crippen LogP contribution in [0, 0.1) is 6.92 Å². The molecule has 0 fully saturated rings. The maximum absolute atomic E-state index is 11.9. The monoisotopic (exact) mass is 290 g/mol. The fraction of sp³-hybridized carbons (Fsp3) is 0.438. The molecule has 1 amide bonds. The number of aromatic amines is 1. The number of alkyl halides is 1. The van der Waals surface area contributed by atoms with E-state index in [4.69, 9.17) is 11.6 Å². The highest BCUT2D eigenvalue weighted by Crippen LogP contribution is 2.37. The van der Waals surface area contributed by atoms with Gasteiger partial charge in [-0.2, -0.15) is 0 Å². The zero-order valence-electron chi connectivity index (χ0n) is 11.9. The molecule has 0 saturated carbocycles. The van der Waals surface area contributed by atoms with Gasteiger partial charge in [0, 0.05) is 23.6 Å². The number of rotatable bonds is 2. The van der Waals surface area contributed by atoms with Crippen LogP contribution in [0.15, 0.2) is 18.2 Å². The lowest BCUT2D eigenvalue weighted by Crippen LogP contribution is -2.34. The maximum atomic E-state index is 11.9. The molecule has 2 aromatic rings. The van der Waals surface area contributed by atoms with Gasteiger partial charge in [0.05, 0.1) is 6.04 Å². The van der Waals surface area contributed by atoms with E-state index in [1.807, 2.05) is 7.05 Å². The van der Waals surface area contributed by atoms with Crippen molar-refractivity contribution in [2.45, 2.75) is 32.2 Å². The molecule has 1 atom stereocenters. The maximum Gasteiger partial charge on any atom is 0.237 e. The summed E-state index contributed by atoms with van der Waals surface area (Å²) in [6.45, 7) is 2.11. The number of aromatic nitrogens is 1. The van der Waals surface area contributed by atoms with E-state index in [2.05, 4.69) is 30.1 Å². The second-order valence-electron chi connectivity index (χ2n) is 5.61. The van der Waals surface area contributed by atoms with Crippen LogP contribution in [0.25, 0.3) is 10.9 Å². The number of aryl methyl sites for hydroxylation is 2. The Balaban J connectivity index is 2.09. The number of fused-ring (bicyclic) bond motifs is 3. The lowest BCUT2D eigenvalue weighted by molar-refractivity contribution is -0.129. The van der Waals surface area contributed by atoms with Gasteiger partial charge in [0.2, 0.25) is 5.91 Å². The van der Waals surface area contributed by atoms with Gasteiger partial charge in [0.25, 0.3) is 0 Å². The molecule has 1 heterocycles. The summed E-state index contributed by atoms with van der Waals surface area (Å²) in [5.74, 6) is 0.0288. The molecule has 3 rings (SSSR count). The van der Waals surface area contributed by atoms with Gasteiger partial charge in [-0.1, -0.05) is 11.6 Å². The lowest BCUT2D eigenvalue weighted by atomic mass is 9.90. The van der Waals surface area contributed by atoms with Crippen LogP contribution >= 0.6 is 11.6 Å².